The topological polar surface area (TPSA) is 20.2 Å². The van der Waals surface area contributed by atoms with Crippen LogP contribution in [0.5, 0.6) is 0 Å². The number of aliphatic hydroxyl groups is 1. The van der Waals surface area contributed by atoms with Gasteiger partial charge in [-0.15, -0.1) is 0 Å². The quantitative estimate of drug-likeness (QED) is 0.830. The summed E-state index contributed by atoms with van der Waals surface area (Å²) in [5.41, 5.74) is 6.55. The molecule has 0 spiro atoms. The standard InChI is InChI=1S/C20H30O/c1-5-15-14(13-21)7-9-17-16(15)8-10-18-19(2,3)11-6-12-20(17,18)4/h7,9,18,21H,5-6,8,10-13H2,1-4H3/t18-,20-/m1/s1. The molecule has 3 rings (SSSR count). The van der Waals surface area contributed by atoms with E-state index in [0.29, 0.717) is 10.8 Å². The van der Waals surface area contributed by atoms with Crippen molar-refractivity contribution in [1.29, 1.82) is 0 Å². The maximum atomic E-state index is 9.63. The Kier molecular flexibility index (Phi) is 3.68. The van der Waals surface area contributed by atoms with Gasteiger partial charge in [0.25, 0.3) is 0 Å². The van der Waals surface area contributed by atoms with Gasteiger partial charge in [0.15, 0.2) is 0 Å². The van der Waals surface area contributed by atoms with Gasteiger partial charge in [-0.2, -0.15) is 0 Å². The fraction of sp³-hybridized carbons (Fsp3) is 0.700. The molecule has 0 heterocycles. The molecule has 0 aromatic heterocycles. The van der Waals surface area contributed by atoms with Gasteiger partial charge in [-0.25, -0.2) is 0 Å². The zero-order valence-corrected chi connectivity index (χ0v) is 14.1. The largest absolute Gasteiger partial charge is 0.392 e. The molecule has 2 aliphatic carbocycles. The summed E-state index contributed by atoms with van der Waals surface area (Å²) >= 11 is 0. The Morgan fingerprint density at radius 2 is 1.95 bits per heavy atom. The maximum Gasteiger partial charge on any atom is 0.0684 e. The average molecular weight is 286 g/mol. The van der Waals surface area contributed by atoms with Gasteiger partial charge in [-0.05, 0) is 71.1 Å². The second-order valence-electron chi connectivity index (χ2n) is 8.09. The minimum Gasteiger partial charge on any atom is -0.392 e. The van der Waals surface area contributed by atoms with Crippen LogP contribution in [0.4, 0.5) is 0 Å². The number of benzene rings is 1. The Hall–Kier alpha value is -0.820. The first-order valence-electron chi connectivity index (χ1n) is 8.69. The highest BCUT2D eigenvalue weighted by Gasteiger charge is 2.49. The fourth-order valence-electron chi connectivity index (χ4n) is 5.59. The lowest BCUT2D eigenvalue weighted by Gasteiger charge is -2.54. The van der Waals surface area contributed by atoms with E-state index in [-0.39, 0.29) is 6.61 Å². The number of rotatable bonds is 2. The molecule has 116 valence electrons. The van der Waals surface area contributed by atoms with Crippen LogP contribution in [0.25, 0.3) is 0 Å². The summed E-state index contributed by atoms with van der Waals surface area (Å²) in [4.78, 5) is 0. The molecule has 0 bridgehead atoms. The van der Waals surface area contributed by atoms with Gasteiger partial charge in [-0.3, -0.25) is 0 Å². The molecular weight excluding hydrogens is 256 g/mol. The number of hydrogen-bond donors (Lipinski definition) is 1. The van der Waals surface area contributed by atoms with E-state index >= 15 is 0 Å². The van der Waals surface area contributed by atoms with Crippen LogP contribution < -0.4 is 0 Å². The molecule has 2 atom stereocenters. The van der Waals surface area contributed by atoms with Gasteiger partial charge in [0.2, 0.25) is 0 Å². The summed E-state index contributed by atoms with van der Waals surface area (Å²) in [6, 6.07) is 4.53. The van der Waals surface area contributed by atoms with Crippen molar-refractivity contribution >= 4 is 0 Å². The van der Waals surface area contributed by atoms with Gasteiger partial charge >= 0.3 is 0 Å². The third-order valence-electron chi connectivity index (χ3n) is 6.58. The molecule has 21 heavy (non-hydrogen) atoms. The third-order valence-corrected chi connectivity index (χ3v) is 6.58. The lowest BCUT2D eigenvalue weighted by Crippen LogP contribution is -2.48. The van der Waals surface area contributed by atoms with Gasteiger partial charge in [-0.1, -0.05) is 46.2 Å². The minimum absolute atomic E-state index is 0.183. The van der Waals surface area contributed by atoms with Crippen LogP contribution in [0.3, 0.4) is 0 Å². The van der Waals surface area contributed by atoms with E-state index in [2.05, 4.69) is 39.8 Å². The number of fused-ring (bicyclic) bond motifs is 3. The van der Waals surface area contributed by atoms with Crippen molar-refractivity contribution in [2.24, 2.45) is 11.3 Å². The molecule has 2 aliphatic rings. The van der Waals surface area contributed by atoms with Crippen molar-refractivity contribution in [1.82, 2.24) is 0 Å². The summed E-state index contributed by atoms with van der Waals surface area (Å²) in [5.74, 6) is 0.802. The van der Waals surface area contributed by atoms with Gasteiger partial charge in [0.05, 0.1) is 6.61 Å². The first-order chi connectivity index (χ1) is 9.94. The summed E-state index contributed by atoms with van der Waals surface area (Å²) in [6.45, 7) is 9.87. The second kappa shape index (κ2) is 5.12. The molecule has 0 amide bonds. The van der Waals surface area contributed by atoms with Crippen molar-refractivity contribution in [2.75, 3.05) is 0 Å². The second-order valence-corrected chi connectivity index (χ2v) is 8.09. The molecule has 0 unspecified atom stereocenters. The maximum absolute atomic E-state index is 9.63. The van der Waals surface area contributed by atoms with Crippen molar-refractivity contribution in [3.63, 3.8) is 0 Å². The van der Waals surface area contributed by atoms with E-state index in [9.17, 15) is 5.11 Å². The SMILES string of the molecule is CCc1c(CO)ccc2c1CC[C@@H]1C(C)(C)CCC[C@]21C. The predicted molar refractivity (Wildman–Crippen MR) is 88.5 cm³/mol. The van der Waals surface area contributed by atoms with Gasteiger partial charge in [0, 0.05) is 0 Å². The van der Waals surface area contributed by atoms with E-state index in [0.717, 1.165) is 17.9 Å². The van der Waals surface area contributed by atoms with Crippen LogP contribution in [0, 0.1) is 11.3 Å². The summed E-state index contributed by atoms with van der Waals surface area (Å²) in [6.07, 6.45) is 7.62. The molecule has 1 nitrogen and oxygen atoms in total. The van der Waals surface area contributed by atoms with Crippen LogP contribution in [0.1, 0.15) is 75.6 Å². The fourth-order valence-corrected chi connectivity index (χ4v) is 5.59. The first kappa shape index (κ1) is 15.1. The normalized spacial score (nSPS) is 30.6. The lowest BCUT2D eigenvalue weighted by molar-refractivity contribution is 0.0405. The molecule has 0 aliphatic heterocycles. The molecule has 0 saturated heterocycles. The van der Waals surface area contributed by atoms with Crippen LogP contribution >= 0.6 is 0 Å². The minimum atomic E-state index is 0.183. The molecule has 0 radical (unpaired) electrons. The summed E-state index contributed by atoms with van der Waals surface area (Å²) in [7, 11) is 0. The zero-order chi connectivity index (χ0) is 15.3. The Balaban J connectivity index is 2.15. The number of hydrogen-bond acceptors (Lipinski definition) is 1. The van der Waals surface area contributed by atoms with Gasteiger partial charge < -0.3 is 5.11 Å². The Bertz CT molecular complexity index is 543. The van der Waals surface area contributed by atoms with Crippen molar-refractivity contribution < 1.29 is 5.11 Å². The Labute approximate surface area is 129 Å². The van der Waals surface area contributed by atoms with E-state index in [4.69, 9.17) is 0 Å². The predicted octanol–water partition coefficient (Wildman–Crippen LogP) is 4.77. The van der Waals surface area contributed by atoms with E-state index in [1.54, 1.807) is 11.1 Å². The highest BCUT2D eigenvalue weighted by atomic mass is 16.3. The molecule has 1 aromatic carbocycles. The van der Waals surface area contributed by atoms with Crippen molar-refractivity contribution in [2.45, 2.75) is 78.2 Å². The van der Waals surface area contributed by atoms with E-state index in [1.807, 2.05) is 0 Å². The monoisotopic (exact) mass is 286 g/mol. The molecular formula is C20H30O. The smallest absolute Gasteiger partial charge is 0.0684 e. The van der Waals surface area contributed by atoms with Crippen molar-refractivity contribution in [3.05, 3.63) is 34.4 Å². The summed E-state index contributed by atoms with van der Waals surface area (Å²) < 4.78 is 0. The lowest BCUT2D eigenvalue weighted by atomic mass is 9.50. The Morgan fingerprint density at radius 3 is 2.62 bits per heavy atom. The summed E-state index contributed by atoms with van der Waals surface area (Å²) in [5, 5.41) is 9.63. The first-order valence-corrected chi connectivity index (χ1v) is 8.69. The third kappa shape index (κ3) is 2.16. The van der Waals surface area contributed by atoms with Crippen LogP contribution in [-0.4, -0.2) is 5.11 Å². The van der Waals surface area contributed by atoms with E-state index in [1.165, 1.54) is 37.7 Å². The molecule has 1 saturated carbocycles. The average Bonchev–Trinajstić information content (AvgIpc) is 2.45. The zero-order valence-electron chi connectivity index (χ0n) is 14.1. The highest BCUT2D eigenvalue weighted by Crippen LogP contribution is 2.57. The van der Waals surface area contributed by atoms with Crippen LogP contribution in [0.15, 0.2) is 12.1 Å². The van der Waals surface area contributed by atoms with Gasteiger partial charge in [0.1, 0.15) is 0 Å². The molecule has 1 fully saturated rings. The molecule has 1 aromatic rings. The molecule has 1 heteroatoms. The Morgan fingerprint density at radius 1 is 1.19 bits per heavy atom. The van der Waals surface area contributed by atoms with E-state index < -0.39 is 0 Å². The molecule has 1 N–H and O–H groups in total. The highest BCUT2D eigenvalue weighted by molar-refractivity contribution is 5.47. The van der Waals surface area contributed by atoms with Crippen molar-refractivity contribution in [3.8, 4) is 0 Å². The van der Waals surface area contributed by atoms with Crippen LogP contribution in [-0.2, 0) is 24.9 Å². The van der Waals surface area contributed by atoms with Crippen LogP contribution in [0.2, 0.25) is 0 Å². The number of aliphatic hydroxyl groups excluding tert-OH is 1.